The number of benzene rings is 3. The third kappa shape index (κ3) is 4.62. The van der Waals surface area contributed by atoms with Crippen LogP contribution in [0.15, 0.2) is 77.9 Å². The molecule has 0 saturated heterocycles. The van der Waals surface area contributed by atoms with E-state index in [9.17, 15) is 4.79 Å². The Hall–Kier alpha value is -4.39. The molecule has 0 fully saturated rings. The molecule has 1 heterocycles. The zero-order chi connectivity index (χ0) is 23.2. The number of hydrogen-bond acceptors (Lipinski definition) is 6. The van der Waals surface area contributed by atoms with Gasteiger partial charge in [-0.1, -0.05) is 48.5 Å². The van der Waals surface area contributed by atoms with Crippen LogP contribution >= 0.6 is 0 Å². The number of ether oxygens (including phenoxy) is 3. The molecule has 0 aliphatic rings. The van der Waals surface area contributed by atoms with Crippen molar-refractivity contribution in [3.8, 4) is 28.5 Å². The summed E-state index contributed by atoms with van der Waals surface area (Å²) in [5.74, 6) is 1.25. The summed E-state index contributed by atoms with van der Waals surface area (Å²) in [7, 11) is 4.64. The number of nitrogens with one attached hydrogen (secondary N) is 1. The lowest BCUT2D eigenvalue weighted by molar-refractivity contribution is 0.0956. The second-order valence-electron chi connectivity index (χ2n) is 7.09. The molecule has 0 spiro atoms. The van der Waals surface area contributed by atoms with Crippen LogP contribution in [0.3, 0.4) is 0 Å². The van der Waals surface area contributed by atoms with Gasteiger partial charge in [-0.15, -0.1) is 0 Å². The molecule has 0 aliphatic heterocycles. The first-order valence-electron chi connectivity index (χ1n) is 10.2. The van der Waals surface area contributed by atoms with Gasteiger partial charge in [-0.05, 0) is 18.2 Å². The second-order valence-corrected chi connectivity index (χ2v) is 7.09. The quantitative estimate of drug-likeness (QED) is 0.332. The highest BCUT2D eigenvalue weighted by atomic mass is 16.5. The van der Waals surface area contributed by atoms with Crippen LogP contribution in [0.5, 0.6) is 17.2 Å². The molecule has 7 nitrogen and oxygen atoms in total. The lowest BCUT2D eigenvalue weighted by Crippen LogP contribution is -2.18. The van der Waals surface area contributed by atoms with E-state index in [1.807, 2.05) is 54.6 Å². The molecule has 0 radical (unpaired) electrons. The highest BCUT2D eigenvalue weighted by molar-refractivity contribution is 6.07. The first-order valence-corrected chi connectivity index (χ1v) is 10.2. The Morgan fingerprint density at radius 3 is 2.24 bits per heavy atom. The summed E-state index contributed by atoms with van der Waals surface area (Å²) in [6, 6.07) is 22.5. The van der Waals surface area contributed by atoms with Crippen molar-refractivity contribution < 1.29 is 19.0 Å². The van der Waals surface area contributed by atoms with Crippen LogP contribution in [0.25, 0.3) is 22.2 Å². The van der Waals surface area contributed by atoms with Gasteiger partial charge >= 0.3 is 0 Å². The number of para-hydroxylation sites is 1. The molecule has 4 rings (SSSR count). The van der Waals surface area contributed by atoms with E-state index in [-0.39, 0.29) is 5.91 Å². The van der Waals surface area contributed by atoms with Gasteiger partial charge in [0.25, 0.3) is 5.91 Å². The minimum atomic E-state index is -0.346. The third-order valence-electron chi connectivity index (χ3n) is 5.14. The van der Waals surface area contributed by atoms with E-state index in [1.54, 1.807) is 39.5 Å². The van der Waals surface area contributed by atoms with Crippen molar-refractivity contribution in [1.82, 2.24) is 10.4 Å². The summed E-state index contributed by atoms with van der Waals surface area (Å²) in [4.78, 5) is 17.8. The monoisotopic (exact) mass is 441 g/mol. The standard InChI is InChI=1S/C26H23N3O4/c1-31-23-15-25(33-3)24(32-2)13-18(23)16-27-29-26(30)20-14-22(17-9-5-4-6-10-17)28-21-12-8-7-11-19(20)21/h4-16H,1-3H3,(H,29,30)/b27-16-. The molecule has 0 unspecified atom stereocenters. The number of nitrogens with zero attached hydrogens (tertiary/aromatic N) is 2. The van der Waals surface area contributed by atoms with Gasteiger partial charge in [0.15, 0.2) is 11.5 Å². The summed E-state index contributed by atoms with van der Waals surface area (Å²) in [6.45, 7) is 0. The molecule has 0 atom stereocenters. The number of hydrogen-bond donors (Lipinski definition) is 1. The Bertz CT molecular complexity index is 1320. The van der Waals surface area contributed by atoms with Crippen molar-refractivity contribution in [2.45, 2.75) is 0 Å². The fourth-order valence-corrected chi connectivity index (χ4v) is 3.49. The van der Waals surface area contributed by atoms with E-state index in [0.29, 0.717) is 34.1 Å². The molecular formula is C26H23N3O4. The number of fused-ring (bicyclic) bond motifs is 1. The van der Waals surface area contributed by atoms with Crippen LogP contribution < -0.4 is 19.6 Å². The largest absolute Gasteiger partial charge is 0.496 e. The fourth-order valence-electron chi connectivity index (χ4n) is 3.49. The number of rotatable bonds is 7. The Morgan fingerprint density at radius 2 is 1.52 bits per heavy atom. The Kier molecular flexibility index (Phi) is 6.50. The van der Waals surface area contributed by atoms with Gasteiger partial charge in [0.1, 0.15) is 5.75 Å². The van der Waals surface area contributed by atoms with Crippen LogP contribution in [-0.2, 0) is 0 Å². The zero-order valence-electron chi connectivity index (χ0n) is 18.5. The van der Waals surface area contributed by atoms with Gasteiger partial charge in [0.2, 0.25) is 0 Å². The van der Waals surface area contributed by atoms with Crippen LogP contribution in [-0.4, -0.2) is 38.4 Å². The summed E-state index contributed by atoms with van der Waals surface area (Å²) in [5.41, 5.74) is 6.09. The summed E-state index contributed by atoms with van der Waals surface area (Å²) in [5, 5.41) is 4.89. The van der Waals surface area contributed by atoms with Crippen molar-refractivity contribution in [1.29, 1.82) is 0 Å². The number of carbonyl (C=O) groups excluding carboxylic acids is 1. The highest BCUT2D eigenvalue weighted by Gasteiger charge is 2.14. The summed E-state index contributed by atoms with van der Waals surface area (Å²) < 4.78 is 16.0. The van der Waals surface area contributed by atoms with Crippen molar-refractivity contribution in [2.24, 2.45) is 5.10 Å². The lowest BCUT2D eigenvalue weighted by atomic mass is 10.0. The molecule has 0 aliphatic carbocycles. The molecule has 1 N–H and O–H groups in total. The molecule has 4 aromatic rings. The van der Waals surface area contributed by atoms with E-state index < -0.39 is 0 Å². The normalized spacial score (nSPS) is 10.9. The Balaban J connectivity index is 1.66. The first kappa shape index (κ1) is 21.8. The van der Waals surface area contributed by atoms with Gasteiger partial charge < -0.3 is 14.2 Å². The van der Waals surface area contributed by atoms with E-state index in [0.717, 1.165) is 16.5 Å². The van der Waals surface area contributed by atoms with Crippen molar-refractivity contribution in [3.05, 3.63) is 83.9 Å². The molecule has 0 bridgehead atoms. The Morgan fingerprint density at radius 1 is 0.848 bits per heavy atom. The summed E-state index contributed by atoms with van der Waals surface area (Å²) >= 11 is 0. The molecule has 166 valence electrons. The predicted octanol–water partition coefficient (Wildman–Crippen LogP) is 4.69. The number of pyridine rings is 1. The van der Waals surface area contributed by atoms with Crippen molar-refractivity contribution in [2.75, 3.05) is 21.3 Å². The van der Waals surface area contributed by atoms with Crippen LogP contribution in [0.4, 0.5) is 0 Å². The second kappa shape index (κ2) is 9.82. The molecule has 0 saturated carbocycles. The number of amides is 1. The van der Waals surface area contributed by atoms with Gasteiger partial charge in [-0.25, -0.2) is 10.4 Å². The Labute approximate surface area is 191 Å². The summed E-state index contributed by atoms with van der Waals surface area (Å²) in [6.07, 6.45) is 1.50. The predicted molar refractivity (Wildman–Crippen MR) is 128 cm³/mol. The first-order chi connectivity index (χ1) is 16.1. The van der Waals surface area contributed by atoms with Crippen LogP contribution in [0, 0.1) is 0 Å². The zero-order valence-corrected chi connectivity index (χ0v) is 18.5. The van der Waals surface area contributed by atoms with Crippen molar-refractivity contribution in [3.63, 3.8) is 0 Å². The maximum Gasteiger partial charge on any atom is 0.272 e. The van der Waals surface area contributed by atoms with Gasteiger partial charge in [-0.2, -0.15) is 5.10 Å². The van der Waals surface area contributed by atoms with Crippen molar-refractivity contribution >= 4 is 23.0 Å². The van der Waals surface area contributed by atoms with E-state index in [4.69, 9.17) is 19.2 Å². The third-order valence-corrected chi connectivity index (χ3v) is 5.14. The van der Waals surface area contributed by atoms with E-state index in [1.165, 1.54) is 6.21 Å². The molecule has 1 aromatic heterocycles. The molecular weight excluding hydrogens is 418 g/mol. The maximum absolute atomic E-state index is 13.1. The molecule has 7 heteroatoms. The topological polar surface area (TPSA) is 82.0 Å². The van der Waals surface area contributed by atoms with Gasteiger partial charge in [-0.3, -0.25) is 4.79 Å². The minimum absolute atomic E-state index is 0.346. The molecule has 33 heavy (non-hydrogen) atoms. The van der Waals surface area contributed by atoms with Gasteiger partial charge in [0.05, 0.1) is 44.3 Å². The van der Waals surface area contributed by atoms with Gasteiger partial charge in [0, 0.05) is 22.6 Å². The average molecular weight is 441 g/mol. The molecule has 3 aromatic carbocycles. The molecule has 1 amide bonds. The lowest BCUT2D eigenvalue weighted by Gasteiger charge is -2.12. The number of carbonyl (C=O) groups is 1. The SMILES string of the molecule is COc1cc(OC)c(OC)cc1/C=N\NC(=O)c1cc(-c2ccccc2)nc2ccccc12. The van der Waals surface area contributed by atoms with E-state index >= 15 is 0 Å². The van der Waals surface area contributed by atoms with Crippen LogP contribution in [0.2, 0.25) is 0 Å². The number of aromatic nitrogens is 1. The smallest absolute Gasteiger partial charge is 0.272 e. The highest BCUT2D eigenvalue weighted by Crippen LogP contribution is 2.33. The number of methoxy groups -OCH3 is 3. The van der Waals surface area contributed by atoms with E-state index in [2.05, 4.69) is 10.5 Å². The fraction of sp³-hybridized carbons (Fsp3) is 0.115. The maximum atomic E-state index is 13.1. The minimum Gasteiger partial charge on any atom is -0.496 e. The average Bonchev–Trinajstić information content (AvgIpc) is 2.88. The van der Waals surface area contributed by atoms with Crippen LogP contribution in [0.1, 0.15) is 15.9 Å². The number of hydrazone groups is 1.